The topological polar surface area (TPSA) is 64.0 Å². The molecule has 21 heavy (non-hydrogen) atoms. The Morgan fingerprint density at radius 3 is 2.57 bits per heavy atom. The molecule has 1 heterocycles. The summed E-state index contributed by atoms with van der Waals surface area (Å²) in [6.07, 6.45) is 4.97. The van der Waals surface area contributed by atoms with Crippen LogP contribution in [-0.4, -0.2) is 24.2 Å². The highest BCUT2D eigenvalue weighted by atomic mass is 35.5. The van der Waals surface area contributed by atoms with Crippen molar-refractivity contribution in [2.75, 3.05) is 0 Å². The molecule has 2 aliphatic carbocycles. The quantitative estimate of drug-likeness (QED) is 0.921. The van der Waals surface area contributed by atoms with E-state index in [2.05, 4.69) is 9.82 Å². The van der Waals surface area contributed by atoms with Gasteiger partial charge in [-0.05, 0) is 50.9 Å². The summed E-state index contributed by atoms with van der Waals surface area (Å²) in [5.74, 6) is 1.93. The molecule has 7 heteroatoms. The molecule has 0 radical (unpaired) electrons. The molecule has 0 aromatic carbocycles. The SMILES string of the molecule is Cc1nn(C)c(Cl)c1S(=O)(=O)N[C@@H](C)[C@H]1C[C@H]2CC[C@H]1C2. The lowest BCUT2D eigenvalue weighted by molar-refractivity contribution is 0.280. The number of sulfonamides is 1. The maximum atomic E-state index is 12.6. The maximum Gasteiger partial charge on any atom is 0.245 e. The van der Waals surface area contributed by atoms with Gasteiger partial charge in [0.05, 0.1) is 5.69 Å². The third-order valence-electron chi connectivity index (χ3n) is 5.14. The van der Waals surface area contributed by atoms with E-state index >= 15 is 0 Å². The first-order valence-corrected chi connectivity index (χ1v) is 9.37. The van der Waals surface area contributed by atoms with Gasteiger partial charge in [-0.3, -0.25) is 4.68 Å². The highest BCUT2D eigenvalue weighted by Crippen LogP contribution is 2.49. The lowest BCUT2D eigenvalue weighted by Gasteiger charge is -2.28. The molecular weight excluding hydrogens is 310 g/mol. The highest BCUT2D eigenvalue weighted by molar-refractivity contribution is 7.89. The smallest absolute Gasteiger partial charge is 0.245 e. The molecule has 2 fully saturated rings. The standard InChI is InChI=1S/C14H22ClN3O2S/c1-8(12-7-10-4-5-11(12)6-10)17-21(19,20)13-9(2)16-18(3)14(13)15/h8,10-12,17H,4-7H2,1-3H3/t8-,10-,11-,12+/m0/s1. The number of fused-ring (bicyclic) bond motifs is 2. The highest BCUT2D eigenvalue weighted by Gasteiger charge is 2.43. The first-order valence-electron chi connectivity index (χ1n) is 7.51. The minimum Gasteiger partial charge on any atom is -0.255 e. The Hall–Kier alpha value is -0.590. The molecule has 1 aromatic rings. The zero-order valence-electron chi connectivity index (χ0n) is 12.6. The molecule has 2 aliphatic rings. The van der Waals surface area contributed by atoms with Crippen molar-refractivity contribution in [2.24, 2.45) is 24.8 Å². The van der Waals surface area contributed by atoms with Crippen molar-refractivity contribution in [3.8, 4) is 0 Å². The fraction of sp³-hybridized carbons (Fsp3) is 0.786. The summed E-state index contributed by atoms with van der Waals surface area (Å²) in [5, 5.41) is 4.25. The molecule has 4 atom stereocenters. The largest absolute Gasteiger partial charge is 0.255 e. The van der Waals surface area contributed by atoms with Crippen LogP contribution in [0.2, 0.25) is 5.15 Å². The van der Waals surface area contributed by atoms with E-state index in [9.17, 15) is 8.42 Å². The predicted molar refractivity (Wildman–Crippen MR) is 81.7 cm³/mol. The summed E-state index contributed by atoms with van der Waals surface area (Å²) in [7, 11) is -1.97. The Kier molecular flexibility index (Phi) is 3.83. The van der Waals surface area contributed by atoms with Crippen LogP contribution >= 0.6 is 11.6 Å². The van der Waals surface area contributed by atoms with Crippen LogP contribution < -0.4 is 4.72 Å². The van der Waals surface area contributed by atoms with Gasteiger partial charge in [0, 0.05) is 13.1 Å². The lowest BCUT2D eigenvalue weighted by Crippen LogP contribution is -2.40. The number of halogens is 1. The van der Waals surface area contributed by atoms with Crippen molar-refractivity contribution in [2.45, 2.75) is 50.5 Å². The van der Waals surface area contributed by atoms with Gasteiger partial charge in [-0.15, -0.1) is 0 Å². The second kappa shape index (κ2) is 5.25. The molecule has 0 unspecified atom stereocenters. The van der Waals surface area contributed by atoms with Crippen LogP contribution in [0.1, 0.15) is 38.3 Å². The molecule has 0 amide bonds. The second-order valence-electron chi connectivity index (χ2n) is 6.58. The van der Waals surface area contributed by atoms with Gasteiger partial charge in [-0.2, -0.15) is 5.10 Å². The zero-order chi connectivity index (χ0) is 15.4. The van der Waals surface area contributed by atoms with Crippen molar-refractivity contribution < 1.29 is 8.42 Å². The molecule has 5 nitrogen and oxygen atoms in total. The average molecular weight is 332 g/mol. The van der Waals surface area contributed by atoms with E-state index in [0.717, 1.165) is 12.3 Å². The maximum absolute atomic E-state index is 12.6. The van der Waals surface area contributed by atoms with E-state index in [0.29, 0.717) is 17.5 Å². The molecule has 3 rings (SSSR count). The van der Waals surface area contributed by atoms with Crippen LogP contribution in [0.4, 0.5) is 0 Å². The summed E-state index contributed by atoms with van der Waals surface area (Å²) < 4.78 is 29.4. The Morgan fingerprint density at radius 2 is 2.10 bits per heavy atom. The number of rotatable bonds is 4. The van der Waals surface area contributed by atoms with Crippen molar-refractivity contribution >= 4 is 21.6 Å². The van der Waals surface area contributed by atoms with E-state index in [1.54, 1.807) is 14.0 Å². The summed E-state index contributed by atoms with van der Waals surface area (Å²) in [6.45, 7) is 3.64. The van der Waals surface area contributed by atoms with E-state index in [4.69, 9.17) is 11.6 Å². The van der Waals surface area contributed by atoms with Gasteiger partial charge < -0.3 is 0 Å². The van der Waals surface area contributed by atoms with Gasteiger partial charge in [-0.25, -0.2) is 13.1 Å². The van der Waals surface area contributed by atoms with Crippen LogP contribution in [-0.2, 0) is 17.1 Å². The minimum atomic E-state index is -3.62. The van der Waals surface area contributed by atoms with E-state index in [1.165, 1.54) is 23.9 Å². The fourth-order valence-corrected chi connectivity index (χ4v) is 6.26. The van der Waals surface area contributed by atoms with E-state index in [-0.39, 0.29) is 16.1 Å². The van der Waals surface area contributed by atoms with Gasteiger partial charge in [-0.1, -0.05) is 18.0 Å². The zero-order valence-corrected chi connectivity index (χ0v) is 14.2. The average Bonchev–Trinajstić information content (AvgIpc) is 3.04. The third kappa shape index (κ3) is 2.62. The Bertz CT molecular complexity index is 655. The van der Waals surface area contributed by atoms with Crippen LogP contribution in [0.5, 0.6) is 0 Å². The number of hydrogen-bond acceptors (Lipinski definition) is 3. The number of aromatic nitrogens is 2. The van der Waals surface area contributed by atoms with Crippen LogP contribution in [0.25, 0.3) is 0 Å². The monoisotopic (exact) mass is 331 g/mol. The Labute approximate surface area is 131 Å². The molecule has 118 valence electrons. The number of aryl methyl sites for hydroxylation is 2. The molecular formula is C14H22ClN3O2S. The first-order chi connectivity index (χ1) is 9.79. The second-order valence-corrected chi connectivity index (χ2v) is 8.59. The van der Waals surface area contributed by atoms with Gasteiger partial charge >= 0.3 is 0 Å². The Balaban J connectivity index is 1.80. The molecule has 0 saturated heterocycles. The summed E-state index contributed by atoms with van der Waals surface area (Å²) in [4.78, 5) is 0.113. The van der Waals surface area contributed by atoms with Crippen molar-refractivity contribution in [1.82, 2.24) is 14.5 Å². The summed E-state index contributed by atoms with van der Waals surface area (Å²) in [5.41, 5.74) is 0.440. The van der Waals surface area contributed by atoms with Gasteiger partial charge in [0.1, 0.15) is 10.0 Å². The first kappa shape index (κ1) is 15.3. The molecule has 2 bridgehead atoms. The van der Waals surface area contributed by atoms with Crippen LogP contribution in [0, 0.1) is 24.7 Å². The number of nitrogens with zero attached hydrogens (tertiary/aromatic N) is 2. The van der Waals surface area contributed by atoms with E-state index in [1.807, 2.05) is 6.92 Å². The van der Waals surface area contributed by atoms with E-state index < -0.39 is 10.0 Å². The molecule has 0 aliphatic heterocycles. The molecule has 0 spiro atoms. The van der Waals surface area contributed by atoms with Crippen LogP contribution in [0.3, 0.4) is 0 Å². The van der Waals surface area contributed by atoms with Crippen LogP contribution in [0.15, 0.2) is 4.90 Å². The predicted octanol–water partition coefficient (Wildman–Crippen LogP) is 2.48. The van der Waals surface area contributed by atoms with Gasteiger partial charge in [0.25, 0.3) is 0 Å². The summed E-state index contributed by atoms with van der Waals surface area (Å²) >= 11 is 6.09. The molecule has 1 N–H and O–H groups in total. The normalized spacial score (nSPS) is 30.0. The third-order valence-corrected chi connectivity index (χ3v) is 7.40. The van der Waals surface area contributed by atoms with Crippen molar-refractivity contribution in [3.63, 3.8) is 0 Å². The van der Waals surface area contributed by atoms with Crippen molar-refractivity contribution in [1.29, 1.82) is 0 Å². The minimum absolute atomic E-state index is 0.0547. The lowest BCUT2D eigenvalue weighted by atomic mass is 9.84. The number of hydrogen-bond donors (Lipinski definition) is 1. The van der Waals surface area contributed by atoms with Gasteiger partial charge in [0.15, 0.2) is 0 Å². The summed E-state index contributed by atoms with van der Waals surface area (Å²) in [6, 6.07) is -0.0547. The molecule has 1 aromatic heterocycles. The molecule has 2 saturated carbocycles. The fourth-order valence-electron chi connectivity index (χ4n) is 4.21. The number of nitrogens with one attached hydrogen (secondary N) is 1. The Morgan fingerprint density at radius 1 is 1.38 bits per heavy atom. The van der Waals surface area contributed by atoms with Crippen molar-refractivity contribution in [3.05, 3.63) is 10.8 Å². The van der Waals surface area contributed by atoms with Gasteiger partial charge in [0.2, 0.25) is 10.0 Å².